The molecule has 0 aliphatic carbocycles. The smallest absolute Gasteiger partial charge is 0.329 e. The molecule has 0 aromatic carbocycles. The van der Waals surface area contributed by atoms with Crippen molar-refractivity contribution in [2.45, 2.75) is 19.4 Å². The number of aromatic amines is 1. The second kappa shape index (κ2) is 3.83. The molecule has 1 aliphatic rings. The number of aryl methyl sites for hydroxylation is 1. The van der Waals surface area contributed by atoms with Gasteiger partial charge < -0.3 is 10.3 Å². The van der Waals surface area contributed by atoms with Gasteiger partial charge in [0.25, 0.3) is 11.5 Å². The van der Waals surface area contributed by atoms with Crippen molar-refractivity contribution in [3.05, 3.63) is 32.6 Å². The first kappa shape index (κ1) is 12.1. The van der Waals surface area contributed by atoms with Gasteiger partial charge in [0.05, 0.1) is 6.54 Å². The monoisotopic (exact) mass is 252 g/mol. The molecule has 1 atom stereocenters. The molecule has 0 radical (unpaired) electrons. The van der Waals surface area contributed by atoms with Gasteiger partial charge in [-0.25, -0.2) is 14.2 Å². The lowest BCUT2D eigenvalue weighted by molar-refractivity contribution is -0.129. The van der Waals surface area contributed by atoms with Crippen LogP contribution in [-0.2, 0) is 10.3 Å². The fourth-order valence-electron chi connectivity index (χ4n) is 1.81. The number of nitrogens with one attached hydrogen (secondary N) is 3. The van der Waals surface area contributed by atoms with Crippen LogP contribution in [0.4, 0.5) is 4.79 Å². The van der Waals surface area contributed by atoms with Gasteiger partial charge in [0, 0.05) is 11.8 Å². The SMILES string of the molecule is Cc1c[nH]c(=O)n(C2(C)CNC(=O)NC2=O)c1=O. The summed E-state index contributed by atoms with van der Waals surface area (Å²) in [6.07, 6.45) is 1.28. The number of carbonyl (C=O) groups excluding carboxylic acids is 2. The van der Waals surface area contributed by atoms with Gasteiger partial charge in [0.2, 0.25) is 0 Å². The summed E-state index contributed by atoms with van der Waals surface area (Å²) < 4.78 is 0.817. The fourth-order valence-corrected chi connectivity index (χ4v) is 1.81. The first-order valence-corrected chi connectivity index (χ1v) is 5.27. The number of hydrogen-bond acceptors (Lipinski definition) is 4. The van der Waals surface area contributed by atoms with Crippen molar-refractivity contribution >= 4 is 11.9 Å². The third kappa shape index (κ3) is 1.62. The summed E-state index contributed by atoms with van der Waals surface area (Å²) in [5.74, 6) is -0.690. The van der Waals surface area contributed by atoms with Crippen LogP contribution in [0.5, 0.6) is 0 Å². The third-order valence-electron chi connectivity index (χ3n) is 2.96. The zero-order valence-corrected chi connectivity index (χ0v) is 9.86. The van der Waals surface area contributed by atoms with E-state index in [1.807, 2.05) is 5.32 Å². The lowest BCUT2D eigenvalue weighted by atomic mass is 9.99. The van der Waals surface area contributed by atoms with Crippen LogP contribution >= 0.6 is 0 Å². The number of aromatic nitrogens is 2. The molecule has 2 rings (SSSR count). The maximum atomic E-state index is 12.0. The summed E-state index contributed by atoms with van der Waals surface area (Å²) in [4.78, 5) is 49.0. The van der Waals surface area contributed by atoms with E-state index in [2.05, 4.69) is 10.3 Å². The van der Waals surface area contributed by atoms with Gasteiger partial charge in [0.1, 0.15) is 5.54 Å². The highest BCUT2D eigenvalue weighted by molar-refractivity contribution is 6.00. The van der Waals surface area contributed by atoms with Gasteiger partial charge in [-0.2, -0.15) is 0 Å². The molecule has 0 spiro atoms. The number of urea groups is 1. The zero-order chi connectivity index (χ0) is 13.5. The van der Waals surface area contributed by atoms with Crippen LogP contribution in [0, 0.1) is 6.92 Å². The number of amides is 3. The maximum absolute atomic E-state index is 12.0. The van der Waals surface area contributed by atoms with Crippen molar-refractivity contribution in [2.75, 3.05) is 6.54 Å². The Kier molecular flexibility index (Phi) is 2.57. The predicted octanol–water partition coefficient (Wildman–Crippen LogP) is -1.60. The first-order valence-electron chi connectivity index (χ1n) is 5.27. The highest BCUT2D eigenvalue weighted by atomic mass is 16.2. The number of nitrogens with zero attached hydrogens (tertiary/aromatic N) is 1. The van der Waals surface area contributed by atoms with Gasteiger partial charge in [0.15, 0.2) is 0 Å². The molecule has 1 unspecified atom stereocenters. The summed E-state index contributed by atoms with van der Waals surface area (Å²) in [7, 11) is 0. The van der Waals surface area contributed by atoms with E-state index in [4.69, 9.17) is 0 Å². The lowest BCUT2D eigenvalue weighted by Crippen LogP contribution is -2.66. The Morgan fingerprint density at radius 2 is 1.94 bits per heavy atom. The standard InChI is InChI=1S/C10H12N4O4/c1-5-3-11-9(18)14(6(5)15)10(2)4-12-8(17)13-7(10)16/h3H,4H2,1-2H3,(H,11,18)(H2,12,13,16,17). The van der Waals surface area contributed by atoms with Crippen molar-refractivity contribution < 1.29 is 9.59 Å². The van der Waals surface area contributed by atoms with Gasteiger partial charge in [-0.3, -0.25) is 14.9 Å². The number of imide groups is 1. The molecule has 18 heavy (non-hydrogen) atoms. The molecule has 2 heterocycles. The van der Waals surface area contributed by atoms with E-state index in [-0.39, 0.29) is 6.54 Å². The van der Waals surface area contributed by atoms with Crippen molar-refractivity contribution in [1.82, 2.24) is 20.2 Å². The minimum atomic E-state index is -1.44. The molecule has 1 aromatic heterocycles. The van der Waals surface area contributed by atoms with Crippen molar-refractivity contribution in [3.63, 3.8) is 0 Å². The van der Waals surface area contributed by atoms with Crippen LogP contribution in [0.25, 0.3) is 0 Å². The fraction of sp³-hybridized carbons (Fsp3) is 0.400. The van der Waals surface area contributed by atoms with Crippen LogP contribution in [0.2, 0.25) is 0 Å². The second-order valence-corrected chi connectivity index (χ2v) is 4.33. The molecule has 3 N–H and O–H groups in total. The Hall–Kier alpha value is -2.38. The average molecular weight is 252 g/mol. The van der Waals surface area contributed by atoms with Crippen LogP contribution in [-0.4, -0.2) is 28.0 Å². The first-order chi connectivity index (χ1) is 8.36. The summed E-state index contributed by atoms with van der Waals surface area (Å²) in [5.41, 5.74) is -2.39. The van der Waals surface area contributed by atoms with E-state index in [1.54, 1.807) is 0 Å². The van der Waals surface area contributed by atoms with Crippen molar-refractivity contribution in [1.29, 1.82) is 0 Å². The van der Waals surface area contributed by atoms with E-state index in [9.17, 15) is 19.2 Å². The van der Waals surface area contributed by atoms with E-state index < -0.39 is 28.7 Å². The maximum Gasteiger partial charge on any atom is 0.329 e. The number of rotatable bonds is 1. The molecule has 8 nitrogen and oxygen atoms in total. The number of H-pyrrole nitrogens is 1. The Morgan fingerprint density at radius 1 is 1.28 bits per heavy atom. The third-order valence-corrected chi connectivity index (χ3v) is 2.96. The quantitative estimate of drug-likeness (QED) is 0.558. The average Bonchev–Trinajstić information content (AvgIpc) is 2.30. The topological polar surface area (TPSA) is 113 Å². The van der Waals surface area contributed by atoms with Crippen molar-refractivity contribution in [3.8, 4) is 0 Å². The Labute approximate surface area is 101 Å². The minimum Gasteiger partial charge on any atom is -0.335 e. The van der Waals surface area contributed by atoms with Gasteiger partial charge in [-0.05, 0) is 13.8 Å². The summed E-state index contributed by atoms with van der Waals surface area (Å²) in [5, 5.41) is 4.43. The number of carbonyl (C=O) groups is 2. The summed E-state index contributed by atoms with van der Waals surface area (Å²) in [6, 6.07) is -0.644. The van der Waals surface area contributed by atoms with Crippen molar-refractivity contribution in [2.24, 2.45) is 0 Å². The number of hydrogen-bond donors (Lipinski definition) is 3. The zero-order valence-electron chi connectivity index (χ0n) is 9.86. The minimum absolute atomic E-state index is 0.121. The van der Waals surface area contributed by atoms with Crippen LogP contribution < -0.4 is 21.9 Å². The normalized spacial score (nSPS) is 23.4. The van der Waals surface area contributed by atoms with E-state index >= 15 is 0 Å². The molecular formula is C10H12N4O4. The van der Waals surface area contributed by atoms with Crippen LogP contribution in [0.15, 0.2) is 15.8 Å². The van der Waals surface area contributed by atoms with Crippen LogP contribution in [0.1, 0.15) is 12.5 Å². The Bertz CT molecular complexity index is 644. The molecule has 1 saturated heterocycles. The molecule has 1 aliphatic heterocycles. The van der Waals surface area contributed by atoms with Gasteiger partial charge in [-0.1, -0.05) is 0 Å². The van der Waals surface area contributed by atoms with Gasteiger partial charge in [-0.15, -0.1) is 0 Å². The Balaban J connectivity index is 2.65. The molecule has 1 fully saturated rings. The Morgan fingerprint density at radius 3 is 2.56 bits per heavy atom. The molecule has 0 bridgehead atoms. The molecule has 8 heteroatoms. The predicted molar refractivity (Wildman–Crippen MR) is 61.2 cm³/mol. The van der Waals surface area contributed by atoms with E-state index in [0.717, 1.165) is 4.57 Å². The molecule has 96 valence electrons. The largest absolute Gasteiger partial charge is 0.335 e. The highest BCUT2D eigenvalue weighted by Crippen LogP contribution is 2.13. The molecular weight excluding hydrogens is 240 g/mol. The van der Waals surface area contributed by atoms with E-state index in [0.29, 0.717) is 5.56 Å². The van der Waals surface area contributed by atoms with E-state index in [1.165, 1.54) is 20.0 Å². The van der Waals surface area contributed by atoms with Gasteiger partial charge >= 0.3 is 11.7 Å². The highest BCUT2D eigenvalue weighted by Gasteiger charge is 2.42. The molecule has 1 aromatic rings. The van der Waals surface area contributed by atoms with Crippen LogP contribution in [0.3, 0.4) is 0 Å². The summed E-state index contributed by atoms with van der Waals surface area (Å²) >= 11 is 0. The summed E-state index contributed by atoms with van der Waals surface area (Å²) in [6.45, 7) is 2.82. The second-order valence-electron chi connectivity index (χ2n) is 4.33. The molecule has 0 saturated carbocycles. The molecule has 3 amide bonds. The lowest BCUT2D eigenvalue weighted by Gasteiger charge is -2.33.